The van der Waals surface area contributed by atoms with Crippen LogP contribution >= 0.6 is 10.8 Å². The zero-order chi connectivity index (χ0) is 34.1. The fourth-order valence-corrected chi connectivity index (χ4v) is 8.03. The third-order valence-electron chi connectivity index (χ3n) is 9.24. The number of hydrogen-bond donors (Lipinski definition) is 4. The molecule has 5 rings (SSSR count). The van der Waals surface area contributed by atoms with Crippen molar-refractivity contribution < 1.29 is 28.5 Å². The predicted octanol–water partition coefficient (Wildman–Crippen LogP) is 6.51. The van der Waals surface area contributed by atoms with Crippen molar-refractivity contribution in [2.75, 3.05) is 13.1 Å². The number of para-hydroxylation sites is 1. The van der Waals surface area contributed by atoms with E-state index in [4.69, 9.17) is 4.74 Å². The van der Waals surface area contributed by atoms with Gasteiger partial charge in [-0.05, 0) is 73.2 Å². The fraction of sp³-hybridized carbons (Fsp3) is 0.429. The lowest BCUT2D eigenvalue weighted by Gasteiger charge is -2.42. The van der Waals surface area contributed by atoms with Crippen LogP contribution in [-0.2, 0) is 22.7 Å². The second-order valence-electron chi connectivity index (χ2n) is 12.7. The Morgan fingerprint density at radius 1 is 1.11 bits per heavy atom. The Hall–Kier alpha value is -3.97. The molecule has 0 saturated carbocycles. The van der Waals surface area contributed by atoms with Gasteiger partial charge in [-0.25, -0.2) is 4.68 Å². The molecular formula is C35H45N5O6S. The highest BCUT2D eigenvalue weighted by molar-refractivity contribution is 8.22. The number of aliphatic carboxylic acids is 1. The summed E-state index contributed by atoms with van der Waals surface area (Å²) in [7, 11) is -3.37. The first-order valence-corrected chi connectivity index (χ1v) is 17.5. The van der Waals surface area contributed by atoms with Gasteiger partial charge < -0.3 is 15.2 Å². The standard InChI is InChI=1S/C35H45N5O6S/c1-7-26-21-39(47(44,45)30-12-10-9-11-29(30)46-26)20-25-19-24(14-13-22(25)3)32(35(5,6)34(43)36-18-17-31(41)42)27-15-16-28-33(23(27)4)37-38-40(28)8-2/h9-16,19,26,32,44-45H,7-8,17-18,20-21H2,1-6H3,(H,36,43)(H,41,42). The number of carbonyl (C=O) groups excluding carboxylic acids is 1. The zero-order valence-electron chi connectivity index (χ0n) is 27.9. The van der Waals surface area contributed by atoms with Gasteiger partial charge in [0.25, 0.3) is 0 Å². The lowest BCUT2D eigenvalue weighted by molar-refractivity contribution is -0.137. The number of ether oxygens (including phenoxy) is 1. The highest BCUT2D eigenvalue weighted by atomic mass is 32.3. The number of hydrogen-bond acceptors (Lipinski definition) is 8. The van der Waals surface area contributed by atoms with Crippen molar-refractivity contribution in [1.29, 1.82) is 0 Å². The maximum Gasteiger partial charge on any atom is 0.305 e. The van der Waals surface area contributed by atoms with Crippen LogP contribution in [0.3, 0.4) is 0 Å². The Morgan fingerprint density at radius 3 is 2.55 bits per heavy atom. The number of amides is 1. The van der Waals surface area contributed by atoms with Crippen molar-refractivity contribution in [3.05, 3.63) is 82.4 Å². The highest BCUT2D eigenvalue weighted by Gasteiger charge is 2.41. The van der Waals surface area contributed by atoms with Crippen LogP contribution in [-0.4, -0.2) is 64.6 Å². The molecule has 0 saturated heterocycles. The van der Waals surface area contributed by atoms with Crippen molar-refractivity contribution in [2.45, 2.75) is 84.4 Å². The van der Waals surface area contributed by atoms with Crippen LogP contribution in [0.5, 0.6) is 5.75 Å². The van der Waals surface area contributed by atoms with E-state index in [-0.39, 0.29) is 31.5 Å². The zero-order valence-corrected chi connectivity index (χ0v) is 28.7. The van der Waals surface area contributed by atoms with Gasteiger partial charge >= 0.3 is 5.97 Å². The molecule has 1 aliphatic rings. The molecule has 0 radical (unpaired) electrons. The first-order valence-electron chi connectivity index (χ1n) is 16.0. The molecule has 2 atom stereocenters. The largest absolute Gasteiger partial charge is 0.487 e. The number of nitrogens with one attached hydrogen (secondary N) is 1. The third kappa shape index (κ3) is 6.73. The van der Waals surface area contributed by atoms with Crippen molar-refractivity contribution in [1.82, 2.24) is 24.6 Å². The van der Waals surface area contributed by atoms with Gasteiger partial charge in [-0.1, -0.05) is 62.4 Å². The quantitative estimate of drug-likeness (QED) is 0.141. The number of carboxylic acids is 1. The number of aryl methyl sites for hydroxylation is 3. The molecular weight excluding hydrogens is 618 g/mol. The number of carboxylic acid groups (broad SMARTS) is 1. The molecule has 12 heteroatoms. The van der Waals surface area contributed by atoms with Crippen LogP contribution < -0.4 is 10.1 Å². The monoisotopic (exact) mass is 663 g/mol. The Bertz CT molecular complexity index is 1790. The maximum atomic E-state index is 13.8. The molecule has 4 N–H and O–H groups in total. The number of rotatable bonds is 11. The average molecular weight is 664 g/mol. The van der Waals surface area contributed by atoms with Crippen molar-refractivity contribution in [3.63, 3.8) is 0 Å². The number of benzene rings is 3. The average Bonchev–Trinajstić information content (AvgIpc) is 3.42. The summed E-state index contributed by atoms with van der Waals surface area (Å²) >= 11 is 0. The van der Waals surface area contributed by atoms with Gasteiger partial charge in [-0.2, -0.15) is 4.31 Å². The summed E-state index contributed by atoms with van der Waals surface area (Å²) in [5.41, 5.74) is 5.17. The second kappa shape index (κ2) is 13.6. The van der Waals surface area contributed by atoms with Gasteiger partial charge in [0.05, 0.1) is 23.9 Å². The summed E-state index contributed by atoms with van der Waals surface area (Å²) in [6.07, 6.45) is 0.275. The van der Waals surface area contributed by atoms with E-state index in [1.54, 1.807) is 22.5 Å². The van der Waals surface area contributed by atoms with Crippen LogP contribution in [0.4, 0.5) is 0 Å². The van der Waals surface area contributed by atoms with Crippen molar-refractivity contribution in [3.8, 4) is 5.75 Å². The van der Waals surface area contributed by atoms with E-state index in [1.165, 1.54) is 0 Å². The van der Waals surface area contributed by atoms with E-state index in [0.29, 0.717) is 30.2 Å². The third-order valence-corrected chi connectivity index (χ3v) is 11.2. The number of carbonyl (C=O) groups is 2. The SMILES string of the molecule is CCC1CN(Cc2cc(C(c3ccc4c(nnn4CC)c3C)C(C)(C)C(=O)NCCC(=O)O)ccc2C)S(O)(O)c2ccccc2O1. The van der Waals surface area contributed by atoms with Crippen LogP contribution in [0.15, 0.2) is 59.5 Å². The molecule has 0 aliphatic carbocycles. The van der Waals surface area contributed by atoms with Gasteiger partial charge in [-0.15, -0.1) is 15.9 Å². The lowest BCUT2D eigenvalue weighted by atomic mass is 9.69. The predicted molar refractivity (Wildman–Crippen MR) is 183 cm³/mol. The smallest absolute Gasteiger partial charge is 0.305 e. The van der Waals surface area contributed by atoms with E-state index in [0.717, 1.165) is 38.9 Å². The molecule has 4 aromatic rings. The minimum absolute atomic E-state index is 0.0151. The van der Waals surface area contributed by atoms with Crippen molar-refractivity contribution in [2.24, 2.45) is 5.41 Å². The lowest BCUT2D eigenvalue weighted by Crippen LogP contribution is -2.42. The summed E-state index contributed by atoms with van der Waals surface area (Å²) in [5, 5.41) is 20.8. The molecule has 0 spiro atoms. The van der Waals surface area contributed by atoms with E-state index in [1.807, 2.05) is 82.6 Å². The molecule has 1 aliphatic heterocycles. The molecule has 11 nitrogen and oxygen atoms in total. The number of aromatic nitrogens is 3. The van der Waals surface area contributed by atoms with Crippen LogP contribution in [0, 0.1) is 19.3 Å². The molecule has 0 bridgehead atoms. The molecule has 47 heavy (non-hydrogen) atoms. The summed E-state index contributed by atoms with van der Waals surface area (Å²) < 4.78 is 33.0. The first-order chi connectivity index (χ1) is 22.3. The molecule has 2 heterocycles. The summed E-state index contributed by atoms with van der Waals surface area (Å²) in [6, 6.07) is 17.1. The number of fused-ring (bicyclic) bond motifs is 2. The first kappa shape index (κ1) is 34.4. The Labute approximate surface area is 277 Å². The molecule has 0 fully saturated rings. The van der Waals surface area contributed by atoms with Crippen LogP contribution in [0.2, 0.25) is 0 Å². The Kier molecular flexibility index (Phi) is 9.97. The van der Waals surface area contributed by atoms with Crippen molar-refractivity contribution >= 4 is 33.7 Å². The molecule has 1 aromatic heterocycles. The highest BCUT2D eigenvalue weighted by Crippen LogP contribution is 2.57. The van der Waals surface area contributed by atoms with Gasteiger partial charge in [0.1, 0.15) is 22.3 Å². The number of nitrogens with zero attached hydrogens (tertiary/aromatic N) is 4. The van der Waals surface area contributed by atoms with Gasteiger partial charge in [0.15, 0.2) is 0 Å². The van der Waals surface area contributed by atoms with E-state index in [9.17, 15) is 23.8 Å². The van der Waals surface area contributed by atoms with E-state index < -0.39 is 28.1 Å². The van der Waals surface area contributed by atoms with Crippen LogP contribution in [0.1, 0.15) is 74.3 Å². The normalized spacial score (nSPS) is 17.7. The minimum Gasteiger partial charge on any atom is -0.487 e. The summed E-state index contributed by atoms with van der Waals surface area (Å²) in [4.78, 5) is 25.4. The molecule has 1 amide bonds. The van der Waals surface area contributed by atoms with Crippen LogP contribution in [0.25, 0.3) is 11.0 Å². The molecule has 3 aromatic carbocycles. The molecule has 2 unspecified atom stereocenters. The van der Waals surface area contributed by atoms with E-state index in [2.05, 4.69) is 15.6 Å². The van der Waals surface area contributed by atoms with E-state index >= 15 is 0 Å². The Balaban J connectivity index is 1.60. The fourth-order valence-electron chi connectivity index (χ4n) is 6.42. The maximum absolute atomic E-state index is 13.8. The molecule has 252 valence electrons. The second-order valence-corrected chi connectivity index (χ2v) is 14.7. The van der Waals surface area contributed by atoms with Gasteiger partial charge in [0, 0.05) is 25.6 Å². The summed E-state index contributed by atoms with van der Waals surface area (Å²) in [5.74, 6) is -1.24. The topological polar surface area (TPSA) is 150 Å². The minimum atomic E-state index is -3.37. The Morgan fingerprint density at radius 2 is 1.85 bits per heavy atom. The summed E-state index contributed by atoms with van der Waals surface area (Å²) in [6.45, 7) is 13.0. The van der Waals surface area contributed by atoms with Gasteiger partial charge in [0.2, 0.25) is 5.91 Å². The van der Waals surface area contributed by atoms with Gasteiger partial charge in [-0.3, -0.25) is 18.7 Å².